The van der Waals surface area contributed by atoms with Crippen LogP contribution in [0.4, 0.5) is 16.5 Å². The Hall–Kier alpha value is -6.37. The Balaban J connectivity index is 1.18. The van der Waals surface area contributed by atoms with Crippen molar-refractivity contribution in [2.75, 3.05) is 10.6 Å². The highest BCUT2D eigenvalue weighted by atomic mass is 32.2. The van der Waals surface area contributed by atoms with Gasteiger partial charge in [-0.3, -0.25) is 24.5 Å². The monoisotopic (exact) mass is 725 g/mol. The zero-order valence-corrected chi connectivity index (χ0v) is 29.3. The van der Waals surface area contributed by atoms with E-state index in [4.69, 9.17) is 4.98 Å². The zero-order valence-electron chi connectivity index (χ0n) is 27.7. The molecule has 6 aromatic rings. The van der Waals surface area contributed by atoms with E-state index in [1.54, 1.807) is 54.6 Å². The van der Waals surface area contributed by atoms with Crippen molar-refractivity contribution in [3.8, 4) is 11.3 Å². The highest BCUT2D eigenvalue weighted by Gasteiger charge is 2.24. The van der Waals surface area contributed by atoms with Gasteiger partial charge in [0, 0.05) is 38.7 Å². The van der Waals surface area contributed by atoms with Gasteiger partial charge < -0.3 is 16.0 Å². The SMILES string of the molecule is Cc1sc(NC(=O)C(Sc2ccc(NC(=O)/C(=C/c3ccc([N+](=O)[O-])cc3)NC(=O)c3ccccc3)cc2)c2ccccc2)nc1-c1ccccc1. The van der Waals surface area contributed by atoms with Gasteiger partial charge in [-0.15, -0.1) is 23.1 Å². The van der Waals surface area contributed by atoms with E-state index < -0.39 is 22.0 Å². The topological polar surface area (TPSA) is 143 Å². The molecule has 0 bridgehead atoms. The molecule has 0 aliphatic rings. The Morgan fingerprint density at radius 2 is 1.40 bits per heavy atom. The number of rotatable bonds is 12. The highest BCUT2D eigenvalue weighted by molar-refractivity contribution is 8.00. The number of anilines is 2. The Morgan fingerprint density at radius 3 is 2.04 bits per heavy atom. The molecule has 3 N–H and O–H groups in total. The largest absolute Gasteiger partial charge is 0.321 e. The van der Waals surface area contributed by atoms with Crippen LogP contribution in [-0.2, 0) is 9.59 Å². The number of thioether (sulfide) groups is 1. The maximum Gasteiger partial charge on any atom is 0.272 e. The van der Waals surface area contributed by atoms with E-state index in [1.165, 1.54) is 53.4 Å². The number of benzene rings is 5. The van der Waals surface area contributed by atoms with Crippen LogP contribution in [0.5, 0.6) is 0 Å². The van der Waals surface area contributed by atoms with Crippen LogP contribution in [-0.4, -0.2) is 27.6 Å². The Labute approximate surface area is 307 Å². The van der Waals surface area contributed by atoms with E-state index in [2.05, 4.69) is 16.0 Å². The molecular formula is C40H31N5O5S2. The molecule has 0 spiro atoms. The third kappa shape index (κ3) is 9.04. The van der Waals surface area contributed by atoms with E-state index in [1.807, 2.05) is 67.6 Å². The second-order valence-corrected chi connectivity index (χ2v) is 13.8. The molecule has 10 nitrogen and oxygen atoms in total. The van der Waals surface area contributed by atoms with Crippen molar-refractivity contribution in [2.45, 2.75) is 17.1 Å². The van der Waals surface area contributed by atoms with Crippen molar-refractivity contribution < 1.29 is 19.3 Å². The molecule has 258 valence electrons. The number of aryl methyl sites for hydroxylation is 1. The van der Waals surface area contributed by atoms with Crippen LogP contribution in [0.1, 0.15) is 31.6 Å². The maximum atomic E-state index is 13.8. The van der Waals surface area contributed by atoms with Gasteiger partial charge >= 0.3 is 0 Å². The quantitative estimate of drug-likeness (QED) is 0.0495. The Kier molecular flexibility index (Phi) is 11.3. The molecule has 0 aliphatic carbocycles. The van der Waals surface area contributed by atoms with Crippen LogP contribution < -0.4 is 16.0 Å². The number of non-ortho nitro benzene ring substituents is 1. The minimum Gasteiger partial charge on any atom is -0.321 e. The fraction of sp³-hybridized carbons (Fsp3) is 0.0500. The molecule has 0 saturated heterocycles. The van der Waals surface area contributed by atoms with Gasteiger partial charge in [0.05, 0.1) is 10.6 Å². The molecule has 52 heavy (non-hydrogen) atoms. The number of aromatic nitrogens is 1. The molecular weight excluding hydrogens is 695 g/mol. The van der Waals surface area contributed by atoms with Crippen molar-refractivity contribution in [3.05, 3.63) is 177 Å². The molecule has 1 unspecified atom stereocenters. The molecule has 5 aromatic carbocycles. The normalized spacial score (nSPS) is 11.7. The summed E-state index contributed by atoms with van der Waals surface area (Å²) in [6.07, 6.45) is 1.44. The number of amides is 3. The standard InChI is InChI=1S/C40H31N5O5S2/c1-26-35(28-11-5-2-6-12-28)43-40(51-26)44-39(48)36(29-13-7-3-8-14-29)52-33-23-19-31(20-24-33)41-38(47)34(42-37(46)30-15-9-4-10-16-30)25-27-17-21-32(22-18-27)45(49)50/h2-25,36H,1H3,(H,41,47)(H,42,46)(H,43,44,48)/b34-25-. The first-order valence-electron chi connectivity index (χ1n) is 16.0. The van der Waals surface area contributed by atoms with Gasteiger partial charge in [0.1, 0.15) is 10.9 Å². The summed E-state index contributed by atoms with van der Waals surface area (Å²) in [5.74, 6) is -1.32. The van der Waals surface area contributed by atoms with Crippen LogP contribution in [0.25, 0.3) is 17.3 Å². The third-order valence-electron chi connectivity index (χ3n) is 7.72. The van der Waals surface area contributed by atoms with Gasteiger partial charge in [-0.25, -0.2) is 4.98 Å². The van der Waals surface area contributed by atoms with Crippen molar-refractivity contribution in [1.29, 1.82) is 0 Å². The molecule has 6 rings (SSSR count). The fourth-order valence-corrected chi connectivity index (χ4v) is 7.00. The molecule has 3 amide bonds. The van der Waals surface area contributed by atoms with Crippen molar-refractivity contribution in [1.82, 2.24) is 10.3 Å². The summed E-state index contributed by atoms with van der Waals surface area (Å²) in [7, 11) is 0. The number of nitrogens with one attached hydrogen (secondary N) is 3. The van der Waals surface area contributed by atoms with E-state index in [9.17, 15) is 24.5 Å². The number of hydrogen-bond donors (Lipinski definition) is 3. The summed E-state index contributed by atoms with van der Waals surface area (Å²) < 4.78 is 0. The molecule has 12 heteroatoms. The lowest BCUT2D eigenvalue weighted by Crippen LogP contribution is -2.30. The molecule has 1 atom stereocenters. The van der Waals surface area contributed by atoms with Gasteiger partial charge in [0.2, 0.25) is 5.91 Å². The zero-order chi connectivity index (χ0) is 36.5. The van der Waals surface area contributed by atoms with Crippen LogP contribution in [0, 0.1) is 17.0 Å². The van der Waals surface area contributed by atoms with Gasteiger partial charge in [0.25, 0.3) is 17.5 Å². The number of nitro groups is 1. The highest BCUT2D eigenvalue weighted by Crippen LogP contribution is 2.38. The minimum absolute atomic E-state index is 0.0604. The Bertz CT molecular complexity index is 2230. The summed E-state index contributed by atoms with van der Waals surface area (Å²) >= 11 is 2.78. The second kappa shape index (κ2) is 16.6. The third-order valence-corrected chi connectivity index (χ3v) is 9.88. The smallest absolute Gasteiger partial charge is 0.272 e. The minimum atomic E-state index is -0.601. The van der Waals surface area contributed by atoms with Crippen LogP contribution in [0.15, 0.2) is 150 Å². The van der Waals surface area contributed by atoms with Gasteiger partial charge in [-0.2, -0.15) is 0 Å². The lowest BCUT2D eigenvalue weighted by molar-refractivity contribution is -0.384. The summed E-state index contributed by atoms with van der Waals surface area (Å²) in [6.45, 7) is 1.98. The van der Waals surface area contributed by atoms with E-state index in [0.717, 1.165) is 26.6 Å². The van der Waals surface area contributed by atoms with Crippen molar-refractivity contribution >= 4 is 63.4 Å². The molecule has 0 fully saturated rings. The van der Waals surface area contributed by atoms with Crippen molar-refractivity contribution in [2.24, 2.45) is 0 Å². The van der Waals surface area contributed by atoms with Gasteiger partial charge in [-0.1, -0.05) is 78.9 Å². The van der Waals surface area contributed by atoms with Crippen LogP contribution in [0.3, 0.4) is 0 Å². The molecule has 1 heterocycles. The molecule has 1 aromatic heterocycles. The lowest BCUT2D eigenvalue weighted by Gasteiger charge is -2.17. The van der Waals surface area contributed by atoms with E-state index >= 15 is 0 Å². The number of nitrogens with zero attached hydrogens (tertiary/aromatic N) is 2. The predicted octanol–water partition coefficient (Wildman–Crippen LogP) is 8.91. The Morgan fingerprint density at radius 1 is 0.788 bits per heavy atom. The van der Waals surface area contributed by atoms with Gasteiger partial charge in [-0.05, 0) is 72.7 Å². The average Bonchev–Trinajstić information content (AvgIpc) is 3.54. The second-order valence-electron chi connectivity index (χ2n) is 11.4. The van der Waals surface area contributed by atoms with Crippen LogP contribution in [0.2, 0.25) is 0 Å². The molecule has 0 aliphatic heterocycles. The number of thiazole rings is 1. The average molecular weight is 726 g/mol. The number of nitro benzene ring substituents is 1. The number of carbonyl (C=O) groups is 3. The first kappa shape index (κ1) is 35.5. The summed E-state index contributed by atoms with van der Waals surface area (Å²) in [5, 5.41) is 19.5. The van der Waals surface area contributed by atoms with E-state index in [0.29, 0.717) is 21.9 Å². The number of hydrogen-bond acceptors (Lipinski definition) is 8. The summed E-state index contributed by atoms with van der Waals surface area (Å²) in [4.78, 5) is 57.4. The molecule has 0 radical (unpaired) electrons. The van der Waals surface area contributed by atoms with Crippen molar-refractivity contribution in [3.63, 3.8) is 0 Å². The lowest BCUT2D eigenvalue weighted by atomic mass is 10.1. The maximum absolute atomic E-state index is 13.8. The van der Waals surface area contributed by atoms with E-state index in [-0.39, 0.29) is 17.3 Å². The predicted molar refractivity (Wildman–Crippen MR) is 206 cm³/mol. The van der Waals surface area contributed by atoms with Crippen LogP contribution >= 0.6 is 23.1 Å². The molecule has 0 saturated carbocycles. The summed E-state index contributed by atoms with van der Waals surface area (Å²) in [6, 6.07) is 40.3. The van der Waals surface area contributed by atoms with Gasteiger partial charge in [0.15, 0.2) is 5.13 Å². The fourth-order valence-electron chi connectivity index (χ4n) is 5.14. The number of carbonyl (C=O) groups excluding carboxylic acids is 3. The first-order chi connectivity index (χ1) is 25.2. The first-order valence-corrected chi connectivity index (χ1v) is 17.7. The summed E-state index contributed by atoms with van der Waals surface area (Å²) in [5.41, 5.74) is 3.74.